The van der Waals surface area contributed by atoms with E-state index in [9.17, 15) is 9.59 Å². The highest BCUT2D eigenvalue weighted by Crippen LogP contribution is 2.36. The average Bonchev–Trinajstić information content (AvgIpc) is 2.81. The van der Waals surface area contributed by atoms with Gasteiger partial charge in [0.25, 0.3) is 5.56 Å². The van der Waals surface area contributed by atoms with Crippen molar-refractivity contribution in [2.75, 3.05) is 12.3 Å². The molecular weight excluding hydrogens is 365 g/mol. The van der Waals surface area contributed by atoms with Crippen LogP contribution in [0.15, 0.2) is 23.0 Å². The van der Waals surface area contributed by atoms with Crippen molar-refractivity contribution in [3.63, 3.8) is 0 Å². The highest BCUT2D eigenvalue weighted by molar-refractivity contribution is 6.39. The van der Waals surface area contributed by atoms with Gasteiger partial charge >= 0.3 is 6.09 Å². The maximum absolute atomic E-state index is 13.1. The second-order valence-corrected chi connectivity index (χ2v) is 6.30. The van der Waals surface area contributed by atoms with Crippen molar-refractivity contribution in [3.8, 4) is 11.1 Å². The monoisotopic (exact) mass is 385 g/mol. The first-order valence-electron chi connectivity index (χ1n) is 8.13. The minimum Gasteiger partial charge on any atom is -0.448 e. The molecule has 1 aromatic heterocycles. The molecule has 25 heavy (non-hydrogen) atoms. The number of hydrogen-bond donors (Lipinski definition) is 1. The lowest BCUT2D eigenvalue weighted by Gasteiger charge is -2.18. The Hall–Kier alpha value is -1.92. The summed E-state index contributed by atoms with van der Waals surface area (Å²) in [6.45, 7) is 5.71. The molecule has 2 N–H and O–H groups in total. The molecule has 6 nitrogen and oxygen atoms in total. The van der Waals surface area contributed by atoms with E-state index in [1.165, 1.54) is 4.68 Å². The lowest BCUT2D eigenvalue weighted by atomic mass is 10.1. The Balaban J connectivity index is 2.86. The highest BCUT2D eigenvalue weighted by atomic mass is 35.5. The zero-order valence-corrected chi connectivity index (χ0v) is 15.9. The molecule has 0 amide bonds. The fourth-order valence-corrected chi connectivity index (χ4v) is 3.43. The maximum atomic E-state index is 13.1. The highest BCUT2D eigenvalue weighted by Gasteiger charge is 2.29. The van der Waals surface area contributed by atoms with Crippen LogP contribution in [0.25, 0.3) is 11.1 Å². The van der Waals surface area contributed by atoms with Gasteiger partial charge < -0.3 is 10.5 Å². The van der Waals surface area contributed by atoms with Gasteiger partial charge in [0, 0.05) is 5.56 Å². The van der Waals surface area contributed by atoms with Gasteiger partial charge in [-0.05, 0) is 31.9 Å². The van der Waals surface area contributed by atoms with E-state index in [0.717, 1.165) is 4.68 Å². The van der Waals surface area contributed by atoms with Gasteiger partial charge in [0.05, 0.1) is 28.3 Å². The van der Waals surface area contributed by atoms with E-state index >= 15 is 0 Å². The van der Waals surface area contributed by atoms with Crippen LogP contribution in [0.3, 0.4) is 0 Å². The van der Waals surface area contributed by atoms with E-state index in [1.54, 1.807) is 25.1 Å². The lowest BCUT2D eigenvalue weighted by Crippen LogP contribution is -2.32. The first-order valence-corrected chi connectivity index (χ1v) is 8.88. The molecule has 0 bridgehead atoms. The normalized spacial score (nSPS) is 11.1. The van der Waals surface area contributed by atoms with Crippen LogP contribution in [-0.2, 0) is 4.74 Å². The molecule has 0 aliphatic heterocycles. The van der Waals surface area contributed by atoms with Crippen LogP contribution in [0.2, 0.25) is 10.0 Å². The maximum Gasteiger partial charge on any atom is 0.435 e. The predicted molar refractivity (Wildman–Crippen MR) is 101 cm³/mol. The minimum absolute atomic E-state index is 0.0367. The largest absolute Gasteiger partial charge is 0.448 e. The first kappa shape index (κ1) is 19.4. The average molecular weight is 386 g/mol. The van der Waals surface area contributed by atoms with Crippen LogP contribution >= 0.6 is 23.2 Å². The Bertz CT molecular complexity index is 818. The van der Waals surface area contributed by atoms with E-state index in [0.29, 0.717) is 18.4 Å². The Labute approximate surface area is 156 Å². The number of hydrogen-bond acceptors (Lipinski definition) is 4. The van der Waals surface area contributed by atoms with Crippen molar-refractivity contribution >= 4 is 35.1 Å². The van der Waals surface area contributed by atoms with Crippen LogP contribution < -0.4 is 11.3 Å². The van der Waals surface area contributed by atoms with E-state index < -0.39 is 11.7 Å². The van der Waals surface area contributed by atoms with Crippen molar-refractivity contribution in [1.82, 2.24) is 9.36 Å². The SMILES string of the molecule is CCOC(=O)n1c(N)c(-c2c(Cl)cccc2Cl)c(=O)n1C(CC)CC. The number of anilines is 1. The number of benzene rings is 1. The summed E-state index contributed by atoms with van der Waals surface area (Å²) in [5.41, 5.74) is 6.18. The summed E-state index contributed by atoms with van der Waals surface area (Å²) in [6, 6.07) is 4.69. The number of aromatic nitrogens is 2. The smallest absolute Gasteiger partial charge is 0.435 e. The standard InChI is InChI=1S/C17H21Cl2N3O3/c1-4-10(5-2)21-16(23)14(13-11(18)8-7-9-12(13)19)15(20)22(21)17(24)25-6-3/h7-10H,4-6,20H2,1-3H3. The molecule has 0 atom stereocenters. The number of carbonyl (C=O) groups excluding carboxylic acids is 1. The number of nitrogens with two attached hydrogens (primary N) is 1. The molecule has 0 fully saturated rings. The van der Waals surface area contributed by atoms with Gasteiger partial charge in [0.2, 0.25) is 0 Å². The van der Waals surface area contributed by atoms with Crippen molar-refractivity contribution in [2.24, 2.45) is 0 Å². The van der Waals surface area contributed by atoms with E-state index in [4.69, 9.17) is 33.7 Å². The van der Waals surface area contributed by atoms with Crippen molar-refractivity contribution < 1.29 is 9.53 Å². The van der Waals surface area contributed by atoms with Gasteiger partial charge in [-0.15, -0.1) is 0 Å². The molecule has 0 aliphatic carbocycles. The molecule has 2 aromatic rings. The predicted octanol–water partition coefficient (Wildman–Crippen LogP) is 4.57. The molecule has 0 spiro atoms. The van der Waals surface area contributed by atoms with Crippen LogP contribution in [0.1, 0.15) is 39.7 Å². The Kier molecular flexibility index (Phi) is 6.19. The topological polar surface area (TPSA) is 79.2 Å². The summed E-state index contributed by atoms with van der Waals surface area (Å²) < 4.78 is 7.49. The van der Waals surface area contributed by atoms with Gasteiger partial charge in [-0.1, -0.05) is 43.1 Å². The van der Waals surface area contributed by atoms with E-state index in [2.05, 4.69) is 0 Å². The third-order valence-corrected chi connectivity index (χ3v) is 4.69. The fourth-order valence-electron chi connectivity index (χ4n) is 2.84. The van der Waals surface area contributed by atoms with Crippen molar-refractivity contribution in [2.45, 2.75) is 39.7 Å². The molecule has 8 heteroatoms. The Morgan fingerprint density at radius 2 is 1.72 bits per heavy atom. The van der Waals surface area contributed by atoms with Crippen LogP contribution in [0.4, 0.5) is 10.6 Å². The number of nitrogens with zero attached hydrogens (tertiary/aromatic N) is 2. The number of carbonyl (C=O) groups is 1. The summed E-state index contributed by atoms with van der Waals surface area (Å²) >= 11 is 12.5. The van der Waals surface area contributed by atoms with Crippen molar-refractivity contribution in [1.29, 1.82) is 0 Å². The van der Waals surface area contributed by atoms with Crippen molar-refractivity contribution in [3.05, 3.63) is 38.6 Å². The van der Waals surface area contributed by atoms with Gasteiger partial charge in [-0.25, -0.2) is 9.48 Å². The third kappa shape index (κ3) is 3.41. The number of nitrogen functional groups attached to an aromatic ring is 1. The second kappa shape index (κ2) is 7.97. The molecule has 0 radical (unpaired) electrons. The van der Waals surface area contributed by atoms with E-state index in [-0.39, 0.29) is 34.1 Å². The molecule has 0 aliphatic rings. The summed E-state index contributed by atoms with van der Waals surface area (Å²) in [5, 5.41) is 0.572. The van der Waals surface area contributed by atoms with Gasteiger partial charge in [-0.3, -0.25) is 4.79 Å². The molecule has 0 saturated heterocycles. The summed E-state index contributed by atoms with van der Waals surface area (Å²) in [6.07, 6.45) is 0.586. The lowest BCUT2D eigenvalue weighted by molar-refractivity contribution is 0.143. The molecule has 0 unspecified atom stereocenters. The fraction of sp³-hybridized carbons (Fsp3) is 0.412. The zero-order valence-electron chi connectivity index (χ0n) is 14.4. The number of ether oxygens (including phenoxy) is 1. The van der Waals surface area contributed by atoms with Gasteiger partial charge in [-0.2, -0.15) is 4.68 Å². The summed E-state index contributed by atoms with van der Waals surface area (Å²) in [7, 11) is 0. The molecule has 2 rings (SSSR count). The summed E-state index contributed by atoms with van der Waals surface area (Å²) in [5.74, 6) is -0.0367. The Morgan fingerprint density at radius 1 is 1.16 bits per heavy atom. The molecule has 0 saturated carbocycles. The quantitative estimate of drug-likeness (QED) is 0.816. The van der Waals surface area contributed by atoms with Crippen LogP contribution in [0.5, 0.6) is 0 Å². The third-order valence-electron chi connectivity index (χ3n) is 4.06. The van der Waals surface area contributed by atoms with Gasteiger partial charge in [0.15, 0.2) is 0 Å². The number of rotatable bonds is 5. The zero-order chi connectivity index (χ0) is 18.7. The molecule has 1 heterocycles. The molecule has 136 valence electrons. The molecular formula is C17H21Cl2N3O3. The van der Waals surface area contributed by atoms with E-state index in [1.807, 2.05) is 13.8 Å². The minimum atomic E-state index is -0.710. The first-order chi connectivity index (χ1) is 11.9. The molecule has 1 aromatic carbocycles. The van der Waals surface area contributed by atoms with Gasteiger partial charge in [0.1, 0.15) is 5.82 Å². The van der Waals surface area contributed by atoms with Crippen LogP contribution in [0, 0.1) is 0 Å². The number of halogens is 2. The second-order valence-electron chi connectivity index (χ2n) is 5.49. The summed E-state index contributed by atoms with van der Waals surface area (Å²) in [4.78, 5) is 25.5. The Morgan fingerprint density at radius 3 is 2.20 bits per heavy atom. The van der Waals surface area contributed by atoms with Crippen LogP contribution in [-0.4, -0.2) is 22.1 Å².